The molecule has 8 heteroatoms. The third-order valence-electron chi connectivity index (χ3n) is 3.93. The third kappa shape index (κ3) is 3.48. The summed E-state index contributed by atoms with van der Waals surface area (Å²) in [7, 11) is 0. The van der Waals surface area contributed by atoms with Crippen molar-refractivity contribution in [2.75, 3.05) is 11.5 Å². The van der Waals surface area contributed by atoms with Crippen molar-refractivity contribution in [2.24, 2.45) is 0 Å². The van der Waals surface area contributed by atoms with E-state index in [1.54, 1.807) is 4.40 Å². The van der Waals surface area contributed by atoms with Gasteiger partial charge in [0.2, 0.25) is 11.9 Å². The second kappa shape index (κ2) is 7.38. The number of thioether (sulfide) groups is 1. The van der Waals surface area contributed by atoms with Gasteiger partial charge in [-0.3, -0.25) is 4.79 Å². The Morgan fingerprint density at radius 3 is 2.42 bits per heavy atom. The van der Waals surface area contributed by atoms with E-state index >= 15 is 0 Å². The summed E-state index contributed by atoms with van der Waals surface area (Å²) in [6, 6.07) is 0.323. The van der Waals surface area contributed by atoms with Gasteiger partial charge in [0, 0.05) is 23.3 Å². The van der Waals surface area contributed by atoms with Crippen molar-refractivity contribution in [2.45, 2.75) is 65.2 Å². The molecule has 1 amide bonds. The number of nitrogens with two attached hydrogens (primary N) is 1. The van der Waals surface area contributed by atoms with Gasteiger partial charge in [-0.15, -0.1) is 10.2 Å². The van der Waals surface area contributed by atoms with Crippen LogP contribution in [0.3, 0.4) is 0 Å². The smallest absolute Gasteiger partial charge is 0.233 e. The maximum absolute atomic E-state index is 12.5. The number of amides is 1. The molecular formula is C16H26N6OS. The maximum atomic E-state index is 12.5. The molecule has 2 aromatic heterocycles. The van der Waals surface area contributed by atoms with Crippen LogP contribution in [0.15, 0.2) is 5.16 Å². The second-order valence-corrected chi connectivity index (χ2v) is 7.25. The van der Waals surface area contributed by atoms with Crippen LogP contribution in [0.2, 0.25) is 0 Å². The number of carbonyl (C=O) groups excluding carboxylic acids is 1. The number of aryl methyl sites for hydroxylation is 2. The maximum Gasteiger partial charge on any atom is 0.233 e. The van der Waals surface area contributed by atoms with Crippen molar-refractivity contribution < 1.29 is 4.79 Å². The van der Waals surface area contributed by atoms with Crippen LogP contribution < -0.4 is 5.73 Å². The monoisotopic (exact) mass is 350 g/mol. The molecule has 2 N–H and O–H groups in total. The summed E-state index contributed by atoms with van der Waals surface area (Å²) in [6.45, 7) is 12.1. The average molecular weight is 350 g/mol. The van der Waals surface area contributed by atoms with E-state index in [4.69, 9.17) is 5.73 Å². The van der Waals surface area contributed by atoms with E-state index in [1.165, 1.54) is 11.8 Å². The van der Waals surface area contributed by atoms with E-state index in [-0.39, 0.29) is 18.0 Å². The molecule has 0 spiro atoms. The Balaban J connectivity index is 2.27. The molecule has 0 aliphatic carbocycles. The lowest BCUT2D eigenvalue weighted by Crippen LogP contribution is -2.43. The number of anilines is 1. The largest absolute Gasteiger partial charge is 0.369 e. The molecule has 2 rings (SSSR count). The van der Waals surface area contributed by atoms with Crippen molar-refractivity contribution >= 4 is 29.3 Å². The lowest BCUT2D eigenvalue weighted by Gasteiger charge is -2.30. The van der Waals surface area contributed by atoms with Crippen LogP contribution in [0.5, 0.6) is 0 Å². The van der Waals surface area contributed by atoms with E-state index in [1.807, 2.05) is 46.4 Å². The lowest BCUT2D eigenvalue weighted by atomic mass is 10.2. The summed E-state index contributed by atoms with van der Waals surface area (Å²) in [5, 5.41) is 9.07. The Hall–Kier alpha value is -1.83. The van der Waals surface area contributed by atoms with Crippen LogP contribution in [0, 0.1) is 6.92 Å². The molecule has 0 bridgehead atoms. The average Bonchev–Trinajstić information content (AvgIpc) is 2.89. The van der Waals surface area contributed by atoms with Crippen LogP contribution >= 0.6 is 11.8 Å². The molecule has 0 saturated carbocycles. The third-order valence-corrected chi connectivity index (χ3v) is 4.84. The van der Waals surface area contributed by atoms with Crippen LogP contribution in [0.25, 0.3) is 5.65 Å². The zero-order valence-electron chi connectivity index (χ0n) is 15.2. The molecule has 0 aliphatic rings. The van der Waals surface area contributed by atoms with Gasteiger partial charge in [0.25, 0.3) is 0 Å². The minimum atomic E-state index is 0.0797. The normalized spacial score (nSPS) is 11.7. The van der Waals surface area contributed by atoms with E-state index in [0.717, 1.165) is 23.3 Å². The summed E-state index contributed by atoms with van der Waals surface area (Å²) in [6.07, 6.45) is 0.804. The van der Waals surface area contributed by atoms with Gasteiger partial charge >= 0.3 is 0 Å². The van der Waals surface area contributed by atoms with Gasteiger partial charge in [-0.2, -0.15) is 0 Å². The fourth-order valence-electron chi connectivity index (χ4n) is 3.00. The number of nitrogens with zero attached hydrogens (tertiary/aromatic N) is 5. The molecule has 0 atom stereocenters. The van der Waals surface area contributed by atoms with E-state index in [9.17, 15) is 4.79 Å². The molecule has 0 radical (unpaired) electrons. The van der Waals surface area contributed by atoms with Gasteiger partial charge in [0.1, 0.15) is 0 Å². The SMILES string of the molecule is CCc1c(C)nc(N)n2c(SCC(=O)N(C(C)C)C(C)C)nnc12. The molecule has 0 saturated heterocycles. The molecule has 0 fully saturated rings. The topological polar surface area (TPSA) is 89.4 Å². The first-order valence-electron chi connectivity index (χ1n) is 8.21. The predicted octanol–water partition coefficient (Wildman–Crippen LogP) is 2.31. The van der Waals surface area contributed by atoms with Gasteiger partial charge in [-0.25, -0.2) is 9.38 Å². The van der Waals surface area contributed by atoms with Crippen molar-refractivity contribution in [3.63, 3.8) is 0 Å². The van der Waals surface area contributed by atoms with E-state index in [0.29, 0.717) is 16.9 Å². The highest BCUT2D eigenvalue weighted by atomic mass is 32.2. The Kier molecular flexibility index (Phi) is 5.69. The number of hydrogen-bond acceptors (Lipinski definition) is 6. The molecule has 24 heavy (non-hydrogen) atoms. The number of aromatic nitrogens is 4. The summed E-state index contributed by atoms with van der Waals surface area (Å²) in [5.74, 6) is 0.728. The molecule has 132 valence electrons. The lowest BCUT2D eigenvalue weighted by molar-refractivity contribution is -0.131. The predicted molar refractivity (Wildman–Crippen MR) is 97.2 cm³/mol. The quantitative estimate of drug-likeness (QED) is 0.804. The summed E-state index contributed by atoms with van der Waals surface area (Å²) < 4.78 is 1.73. The van der Waals surface area contributed by atoms with Crippen LogP contribution in [0.4, 0.5) is 5.95 Å². The number of hydrogen-bond donors (Lipinski definition) is 1. The molecule has 7 nitrogen and oxygen atoms in total. The number of carbonyl (C=O) groups is 1. The fraction of sp³-hybridized carbons (Fsp3) is 0.625. The standard InChI is InChI=1S/C16H26N6OS/c1-7-12-11(6)18-15(17)22-14(12)19-20-16(22)24-8-13(23)21(9(2)3)10(4)5/h9-10H,7-8H2,1-6H3,(H2,17,18). The van der Waals surface area contributed by atoms with Gasteiger partial charge in [-0.1, -0.05) is 18.7 Å². The molecule has 0 aliphatic heterocycles. The van der Waals surface area contributed by atoms with Crippen molar-refractivity contribution in [3.8, 4) is 0 Å². The number of nitrogen functional groups attached to an aromatic ring is 1. The van der Waals surface area contributed by atoms with Crippen LogP contribution in [-0.2, 0) is 11.2 Å². The Bertz CT molecular complexity index is 732. The Morgan fingerprint density at radius 2 is 1.88 bits per heavy atom. The summed E-state index contributed by atoms with van der Waals surface area (Å²) >= 11 is 1.35. The van der Waals surface area contributed by atoms with Crippen LogP contribution in [-0.4, -0.2) is 48.2 Å². The van der Waals surface area contributed by atoms with Gasteiger partial charge in [0.05, 0.1) is 5.75 Å². The van der Waals surface area contributed by atoms with E-state index < -0.39 is 0 Å². The Morgan fingerprint density at radius 1 is 1.25 bits per heavy atom. The van der Waals surface area contributed by atoms with Crippen LogP contribution in [0.1, 0.15) is 45.9 Å². The number of fused-ring (bicyclic) bond motifs is 1. The second-order valence-electron chi connectivity index (χ2n) is 6.31. The first-order chi connectivity index (χ1) is 11.3. The zero-order valence-corrected chi connectivity index (χ0v) is 16.0. The molecule has 2 aromatic rings. The van der Waals surface area contributed by atoms with E-state index in [2.05, 4.69) is 15.2 Å². The first kappa shape index (κ1) is 18.5. The molecular weight excluding hydrogens is 324 g/mol. The van der Waals surface area contributed by atoms with Gasteiger partial charge < -0.3 is 10.6 Å². The zero-order chi connectivity index (χ0) is 18.0. The van der Waals surface area contributed by atoms with Gasteiger partial charge in [-0.05, 0) is 41.0 Å². The van der Waals surface area contributed by atoms with Crippen molar-refractivity contribution in [3.05, 3.63) is 11.3 Å². The highest BCUT2D eigenvalue weighted by Crippen LogP contribution is 2.24. The Labute approximate surface area is 147 Å². The van der Waals surface area contributed by atoms with Crippen molar-refractivity contribution in [1.82, 2.24) is 24.5 Å². The molecule has 2 heterocycles. The van der Waals surface area contributed by atoms with Crippen molar-refractivity contribution in [1.29, 1.82) is 0 Å². The molecule has 0 aromatic carbocycles. The fourth-order valence-corrected chi connectivity index (χ4v) is 3.81. The summed E-state index contributed by atoms with van der Waals surface area (Å²) in [5.41, 5.74) is 8.67. The highest BCUT2D eigenvalue weighted by molar-refractivity contribution is 7.99. The summed E-state index contributed by atoms with van der Waals surface area (Å²) in [4.78, 5) is 18.8. The van der Waals surface area contributed by atoms with Gasteiger partial charge in [0.15, 0.2) is 10.8 Å². The highest BCUT2D eigenvalue weighted by Gasteiger charge is 2.22. The minimum Gasteiger partial charge on any atom is -0.369 e. The first-order valence-corrected chi connectivity index (χ1v) is 9.20. The molecule has 0 unspecified atom stereocenters. The number of rotatable bonds is 6. The minimum absolute atomic E-state index is 0.0797.